The van der Waals surface area contributed by atoms with Crippen molar-refractivity contribution < 1.29 is 22.7 Å². The van der Waals surface area contributed by atoms with Crippen molar-refractivity contribution in [1.29, 1.82) is 0 Å². The van der Waals surface area contributed by atoms with Gasteiger partial charge < -0.3 is 9.47 Å². The van der Waals surface area contributed by atoms with Crippen molar-refractivity contribution in [2.45, 2.75) is 19.1 Å². The molecular formula is C15H20O5S. The van der Waals surface area contributed by atoms with Crippen molar-refractivity contribution in [3.05, 3.63) is 35.4 Å². The molecule has 0 amide bonds. The summed E-state index contributed by atoms with van der Waals surface area (Å²) in [6, 6.07) is 7.38. The molecule has 1 fully saturated rings. The molecule has 0 aliphatic carbocycles. The van der Waals surface area contributed by atoms with E-state index in [2.05, 4.69) is 0 Å². The summed E-state index contributed by atoms with van der Waals surface area (Å²) in [4.78, 5) is 11.2. The number of ether oxygens (including phenoxy) is 2. The van der Waals surface area contributed by atoms with Crippen LogP contribution in [0.1, 0.15) is 17.5 Å². The van der Waals surface area contributed by atoms with Gasteiger partial charge in [0.05, 0.1) is 19.0 Å². The number of benzene rings is 1. The first-order valence-electron chi connectivity index (χ1n) is 6.88. The molecule has 0 spiro atoms. The molecule has 0 bridgehead atoms. The topological polar surface area (TPSA) is 69.7 Å². The molecule has 0 unspecified atom stereocenters. The zero-order valence-corrected chi connectivity index (χ0v) is 12.9. The second-order valence-electron chi connectivity index (χ2n) is 5.49. The molecule has 6 heteroatoms. The summed E-state index contributed by atoms with van der Waals surface area (Å²) >= 11 is 0. The monoisotopic (exact) mass is 312 g/mol. The van der Waals surface area contributed by atoms with Crippen LogP contribution in [0.25, 0.3) is 0 Å². The molecule has 0 radical (unpaired) electrons. The molecule has 21 heavy (non-hydrogen) atoms. The number of Topliss-reactive ketones (excluding diaryl/α,β-unsaturated/α-hetero) is 1. The summed E-state index contributed by atoms with van der Waals surface area (Å²) in [6.07, 6.45) is 0.401. The zero-order valence-electron chi connectivity index (χ0n) is 12.1. The lowest BCUT2D eigenvalue weighted by Gasteiger charge is -2.20. The van der Waals surface area contributed by atoms with Gasteiger partial charge in [-0.1, -0.05) is 29.8 Å². The first kappa shape index (κ1) is 16.1. The predicted octanol–water partition coefficient (Wildman–Crippen LogP) is 1.49. The molecule has 1 aromatic rings. The van der Waals surface area contributed by atoms with Gasteiger partial charge in [-0.3, -0.25) is 4.79 Å². The number of sulfone groups is 1. The van der Waals surface area contributed by atoms with E-state index in [0.717, 1.165) is 11.1 Å². The molecular weight excluding hydrogens is 292 g/mol. The Hall–Kier alpha value is -1.24. The summed E-state index contributed by atoms with van der Waals surface area (Å²) in [5.74, 6) is -0.364. The molecule has 1 aliphatic rings. The third kappa shape index (κ3) is 5.57. The number of ketones is 1. The van der Waals surface area contributed by atoms with E-state index >= 15 is 0 Å². The summed E-state index contributed by atoms with van der Waals surface area (Å²) in [5.41, 5.74) is 1.84. The lowest BCUT2D eigenvalue weighted by atomic mass is 10.0. The fourth-order valence-corrected chi connectivity index (χ4v) is 3.34. The molecule has 1 heterocycles. The minimum absolute atomic E-state index is 0.0343. The summed E-state index contributed by atoms with van der Waals surface area (Å²) in [5, 5.41) is 0. The van der Waals surface area contributed by atoms with E-state index in [-0.39, 0.29) is 36.6 Å². The summed E-state index contributed by atoms with van der Waals surface area (Å²) in [6.45, 7) is 2.79. The molecule has 1 atom stereocenters. The molecule has 1 aliphatic heterocycles. The largest absolute Gasteiger partial charge is 0.373 e. The van der Waals surface area contributed by atoms with Crippen molar-refractivity contribution >= 4 is 15.6 Å². The van der Waals surface area contributed by atoms with Crippen LogP contribution in [0.15, 0.2) is 24.3 Å². The molecule has 1 aromatic carbocycles. The fourth-order valence-electron chi connectivity index (χ4n) is 2.21. The average molecular weight is 312 g/mol. The number of hydrogen-bond donors (Lipinski definition) is 0. The van der Waals surface area contributed by atoms with Crippen LogP contribution in [0.3, 0.4) is 0 Å². The van der Waals surface area contributed by atoms with Crippen LogP contribution < -0.4 is 0 Å². The Kier molecular flexibility index (Phi) is 5.50. The van der Waals surface area contributed by atoms with Crippen molar-refractivity contribution in [3.8, 4) is 0 Å². The van der Waals surface area contributed by atoms with E-state index in [9.17, 15) is 13.2 Å². The van der Waals surface area contributed by atoms with Gasteiger partial charge in [0, 0.05) is 12.3 Å². The molecule has 2 rings (SSSR count). The first-order valence-corrected chi connectivity index (χ1v) is 8.70. The van der Waals surface area contributed by atoms with Crippen LogP contribution in [0, 0.1) is 12.8 Å². The minimum atomic E-state index is -3.31. The highest BCUT2D eigenvalue weighted by Gasteiger charge is 2.21. The van der Waals surface area contributed by atoms with Crippen LogP contribution in [-0.2, 0) is 29.9 Å². The maximum atomic E-state index is 12.0. The predicted molar refractivity (Wildman–Crippen MR) is 78.6 cm³/mol. The Morgan fingerprint density at radius 2 is 2.00 bits per heavy atom. The van der Waals surface area contributed by atoms with Crippen LogP contribution in [-0.4, -0.2) is 40.0 Å². The Bertz CT molecular complexity index is 577. The number of carbonyl (C=O) groups excluding carboxylic acids is 1. The normalized spacial score (nSPS) is 19.7. The Morgan fingerprint density at radius 1 is 1.29 bits per heavy atom. The molecule has 0 aromatic heterocycles. The van der Waals surface area contributed by atoms with Gasteiger partial charge in [0.25, 0.3) is 0 Å². The van der Waals surface area contributed by atoms with Crippen LogP contribution in [0.5, 0.6) is 0 Å². The van der Waals surface area contributed by atoms with E-state index in [1.165, 1.54) is 0 Å². The number of carbonyl (C=O) groups is 1. The Balaban J connectivity index is 1.78. The van der Waals surface area contributed by atoms with E-state index < -0.39 is 9.84 Å². The van der Waals surface area contributed by atoms with Crippen molar-refractivity contribution in [3.63, 3.8) is 0 Å². The molecule has 116 valence electrons. The van der Waals surface area contributed by atoms with Crippen molar-refractivity contribution in [2.75, 3.05) is 25.8 Å². The molecule has 1 saturated heterocycles. The van der Waals surface area contributed by atoms with Crippen LogP contribution in [0.4, 0.5) is 0 Å². The summed E-state index contributed by atoms with van der Waals surface area (Å²) in [7, 11) is -3.31. The van der Waals surface area contributed by atoms with Crippen molar-refractivity contribution in [2.24, 2.45) is 5.92 Å². The number of aryl methyl sites for hydroxylation is 1. The van der Waals surface area contributed by atoms with Gasteiger partial charge in [-0.25, -0.2) is 8.42 Å². The van der Waals surface area contributed by atoms with Gasteiger partial charge in [0.15, 0.2) is 15.6 Å². The van der Waals surface area contributed by atoms with Gasteiger partial charge in [-0.05, 0) is 12.5 Å². The van der Waals surface area contributed by atoms with E-state index in [1.54, 1.807) is 12.1 Å². The van der Waals surface area contributed by atoms with Gasteiger partial charge in [-0.15, -0.1) is 0 Å². The Morgan fingerprint density at radius 3 is 2.67 bits per heavy atom. The quantitative estimate of drug-likeness (QED) is 0.796. The van der Waals surface area contributed by atoms with Gasteiger partial charge in [0.1, 0.15) is 12.5 Å². The second kappa shape index (κ2) is 7.15. The number of rotatable bonds is 6. The highest BCUT2D eigenvalue weighted by Crippen LogP contribution is 2.13. The lowest BCUT2D eigenvalue weighted by Crippen LogP contribution is -2.29. The van der Waals surface area contributed by atoms with E-state index in [0.29, 0.717) is 13.0 Å². The van der Waals surface area contributed by atoms with E-state index in [1.807, 2.05) is 19.1 Å². The maximum Gasteiger partial charge on any atom is 0.178 e. The highest BCUT2D eigenvalue weighted by molar-refractivity contribution is 7.90. The smallest absolute Gasteiger partial charge is 0.178 e. The van der Waals surface area contributed by atoms with Gasteiger partial charge in [0.2, 0.25) is 0 Å². The Labute approximate surface area is 125 Å². The molecule has 0 saturated carbocycles. The third-order valence-electron chi connectivity index (χ3n) is 3.26. The first-order chi connectivity index (χ1) is 9.94. The van der Waals surface area contributed by atoms with Crippen LogP contribution >= 0.6 is 0 Å². The molecule has 0 N–H and O–H groups in total. The maximum absolute atomic E-state index is 12.0. The molecule has 5 nitrogen and oxygen atoms in total. The third-order valence-corrected chi connectivity index (χ3v) is 4.56. The average Bonchev–Trinajstić information content (AvgIpc) is 2.41. The number of hydrogen-bond acceptors (Lipinski definition) is 5. The minimum Gasteiger partial charge on any atom is -0.373 e. The van der Waals surface area contributed by atoms with Gasteiger partial charge in [-0.2, -0.15) is 0 Å². The SMILES string of the molecule is Cc1ccc(CS(=O)(=O)COC[C@@H]2COCC(=O)C2)cc1. The van der Waals surface area contributed by atoms with E-state index in [4.69, 9.17) is 9.47 Å². The van der Waals surface area contributed by atoms with Crippen molar-refractivity contribution in [1.82, 2.24) is 0 Å². The lowest BCUT2D eigenvalue weighted by molar-refractivity contribution is -0.131. The highest BCUT2D eigenvalue weighted by atomic mass is 32.2. The van der Waals surface area contributed by atoms with Gasteiger partial charge >= 0.3 is 0 Å². The standard InChI is InChI=1S/C15H20O5S/c1-12-2-4-13(5-3-12)10-21(17,18)11-20-8-14-6-15(16)9-19-7-14/h2-5,14H,6-11H2,1H3/t14-/m0/s1. The second-order valence-corrected chi connectivity index (χ2v) is 7.50. The summed E-state index contributed by atoms with van der Waals surface area (Å²) < 4.78 is 34.3. The fraction of sp³-hybridized carbons (Fsp3) is 0.533. The van der Waals surface area contributed by atoms with Crippen LogP contribution in [0.2, 0.25) is 0 Å². The zero-order chi connectivity index (χ0) is 15.3.